The summed E-state index contributed by atoms with van der Waals surface area (Å²) in [7, 11) is 0. The van der Waals surface area contributed by atoms with Crippen LogP contribution in [-0.2, 0) is 17.8 Å². The van der Waals surface area contributed by atoms with E-state index in [4.69, 9.17) is 0 Å². The molecular formula is C20H25FN4OS. The van der Waals surface area contributed by atoms with E-state index in [0.29, 0.717) is 19.5 Å². The summed E-state index contributed by atoms with van der Waals surface area (Å²) in [5.41, 5.74) is 1.90. The molecule has 2 aliphatic heterocycles. The highest BCUT2D eigenvalue weighted by Gasteiger charge is 2.22. The molecule has 4 rings (SSSR count). The van der Waals surface area contributed by atoms with Crippen molar-refractivity contribution in [1.29, 1.82) is 0 Å². The van der Waals surface area contributed by atoms with Gasteiger partial charge in [0.15, 0.2) is 0 Å². The maximum atomic E-state index is 13.1. The highest BCUT2D eigenvalue weighted by molar-refractivity contribution is 7.09. The van der Waals surface area contributed by atoms with Crippen LogP contribution in [0.3, 0.4) is 0 Å². The van der Waals surface area contributed by atoms with E-state index < -0.39 is 0 Å². The zero-order chi connectivity index (χ0) is 18.6. The lowest BCUT2D eigenvalue weighted by atomic mass is 10.2. The summed E-state index contributed by atoms with van der Waals surface area (Å²) in [6.07, 6.45) is 2.94. The number of thiazole rings is 1. The van der Waals surface area contributed by atoms with Crippen LogP contribution < -0.4 is 4.90 Å². The third kappa shape index (κ3) is 4.65. The van der Waals surface area contributed by atoms with Crippen LogP contribution in [0.1, 0.15) is 23.5 Å². The fourth-order valence-corrected chi connectivity index (χ4v) is 4.60. The molecule has 0 aliphatic carbocycles. The molecule has 1 aromatic heterocycles. The number of nitrogens with zero attached hydrogens (tertiary/aromatic N) is 4. The van der Waals surface area contributed by atoms with Gasteiger partial charge in [0, 0.05) is 37.2 Å². The minimum atomic E-state index is -0.222. The fraction of sp³-hybridized carbons (Fsp3) is 0.500. The second-order valence-electron chi connectivity index (χ2n) is 7.24. The molecule has 7 heteroatoms. The average molecular weight is 389 g/mol. The Hall–Kier alpha value is -1.99. The van der Waals surface area contributed by atoms with Gasteiger partial charge in [-0.1, -0.05) is 0 Å². The first-order chi connectivity index (χ1) is 13.2. The van der Waals surface area contributed by atoms with Crippen LogP contribution in [0, 0.1) is 5.82 Å². The standard InChI is InChI=1S/C20H25FN4OS/c21-16-3-5-18(6-4-16)24-9-11-25(12-10-24)20(26)13-17-15-27-19(22-17)14-23-7-1-2-8-23/h3-6,15H,1-2,7-14H2. The summed E-state index contributed by atoms with van der Waals surface area (Å²) >= 11 is 1.66. The molecule has 2 fully saturated rings. The predicted octanol–water partition coefficient (Wildman–Crippen LogP) is 2.77. The number of halogens is 1. The molecule has 2 aromatic rings. The second kappa shape index (κ2) is 8.35. The summed E-state index contributed by atoms with van der Waals surface area (Å²) in [5, 5.41) is 3.14. The Morgan fingerprint density at radius 1 is 1.04 bits per heavy atom. The van der Waals surface area contributed by atoms with Crippen molar-refractivity contribution in [3.05, 3.63) is 46.2 Å². The van der Waals surface area contributed by atoms with E-state index in [0.717, 1.165) is 49.1 Å². The van der Waals surface area contributed by atoms with Gasteiger partial charge in [-0.3, -0.25) is 9.69 Å². The normalized spacial score (nSPS) is 18.3. The topological polar surface area (TPSA) is 39.7 Å². The number of piperazine rings is 1. The van der Waals surface area contributed by atoms with Gasteiger partial charge in [0.1, 0.15) is 10.8 Å². The van der Waals surface area contributed by atoms with E-state index in [9.17, 15) is 9.18 Å². The van der Waals surface area contributed by atoms with Crippen molar-refractivity contribution >= 4 is 22.9 Å². The molecule has 3 heterocycles. The number of aromatic nitrogens is 1. The maximum Gasteiger partial charge on any atom is 0.228 e. The molecule has 1 aromatic carbocycles. The number of likely N-dealkylation sites (tertiary alicyclic amines) is 1. The Balaban J connectivity index is 1.27. The SMILES string of the molecule is O=C(Cc1csc(CN2CCCC2)n1)N1CCN(c2ccc(F)cc2)CC1. The van der Waals surface area contributed by atoms with E-state index >= 15 is 0 Å². The van der Waals surface area contributed by atoms with Crippen LogP contribution in [0.25, 0.3) is 0 Å². The van der Waals surface area contributed by atoms with Crippen LogP contribution >= 0.6 is 11.3 Å². The van der Waals surface area contributed by atoms with Gasteiger partial charge >= 0.3 is 0 Å². The number of hydrogen-bond acceptors (Lipinski definition) is 5. The van der Waals surface area contributed by atoms with E-state index in [1.54, 1.807) is 23.5 Å². The number of carbonyl (C=O) groups excluding carboxylic acids is 1. The van der Waals surface area contributed by atoms with E-state index in [2.05, 4.69) is 14.8 Å². The third-order valence-electron chi connectivity index (χ3n) is 5.31. The second-order valence-corrected chi connectivity index (χ2v) is 8.18. The summed E-state index contributed by atoms with van der Waals surface area (Å²) in [5.74, 6) is -0.0771. The molecule has 5 nitrogen and oxygen atoms in total. The quantitative estimate of drug-likeness (QED) is 0.790. The molecule has 0 unspecified atom stereocenters. The van der Waals surface area contributed by atoms with Crippen LogP contribution in [0.4, 0.5) is 10.1 Å². The van der Waals surface area contributed by atoms with Crippen molar-refractivity contribution in [1.82, 2.24) is 14.8 Å². The summed E-state index contributed by atoms with van der Waals surface area (Å²) < 4.78 is 13.1. The maximum absolute atomic E-state index is 13.1. The number of rotatable bonds is 5. The first-order valence-electron chi connectivity index (χ1n) is 9.61. The molecule has 2 saturated heterocycles. The molecule has 0 spiro atoms. The van der Waals surface area contributed by atoms with Gasteiger partial charge in [-0.2, -0.15) is 0 Å². The third-order valence-corrected chi connectivity index (χ3v) is 6.20. The van der Waals surface area contributed by atoms with Crippen LogP contribution in [0.15, 0.2) is 29.6 Å². The van der Waals surface area contributed by atoms with Crippen LogP contribution in [0.5, 0.6) is 0 Å². The van der Waals surface area contributed by atoms with Crippen molar-refractivity contribution in [2.75, 3.05) is 44.2 Å². The number of carbonyl (C=O) groups is 1. The Morgan fingerprint density at radius 3 is 2.44 bits per heavy atom. The number of benzene rings is 1. The molecule has 0 saturated carbocycles. The number of amides is 1. The first-order valence-corrected chi connectivity index (χ1v) is 10.5. The molecule has 0 radical (unpaired) electrons. The van der Waals surface area contributed by atoms with Crippen molar-refractivity contribution in [2.24, 2.45) is 0 Å². The highest BCUT2D eigenvalue weighted by atomic mass is 32.1. The molecule has 144 valence electrons. The van der Waals surface area contributed by atoms with Gasteiger partial charge in [-0.05, 0) is 50.2 Å². The Kier molecular flexibility index (Phi) is 5.69. The lowest BCUT2D eigenvalue weighted by Gasteiger charge is -2.36. The van der Waals surface area contributed by atoms with Gasteiger partial charge in [0.05, 0.1) is 18.7 Å². The number of anilines is 1. The van der Waals surface area contributed by atoms with Gasteiger partial charge in [0.25, 0.3) is 0 Å². The lowest BCUT2D eigenvalue weighted by molar-refractivity contribution is -0.130. The van der Waals surface area contributed by atoms with Crippen molar-refractivity contribution in [2.45, 2.75) is 25.8 Å². The van der Waals surface area contributed by atoms with Gasteiger partial charge in [-0.15, -0.1) is 11.3 Å². The monoisotopic (exact) mass is 388 g/mol. The summed E-state index contributed by atoms with van der Waals surface area (Å²) in [4.78, 5) is 23.8. The highest BCUT2D eigenvalue weighted by Crippen LogP contribution is 2.19. The van der Waals surface area contributed by atoms with Crippen LogP contribution in [0.2, 0.25) is 0 Å². The Morgan fingerprint density at radius 2 is 1.74 bits per heavy atom. The van der Waals surface area contributed by atoms with Gasteiger partial charge in [0.2, 0.25) is 5.91 Å². The molecule has 0 N–H and O–H groups in total. The van der Waals surface area contributed by atoms with E-state index in [1.165, 1.54) is 25.0 Å². The van der Waals surface area contributed by atoms with Gasteiger partial charge in [-0.25, -0.2) is 9.37 Å². The van der Waals surface area contributed by atoms with Crippen molar-refractivity contribution < 1.29 is 9.18 Å². The largest absolute Gasteiger partial charge is 0.368 e. The molecular weight excluding hydrogens is 363 g/mol. The predicted molar refractivity (Wildman–Crippen MR) is 106 cm³/mol. The summed E-state index contributed by atoms with van der Waals surface area (Å²) in [6.45, 7) is 6.17. The molecule has 0 atom stereocenters. The minimum Gasteiger partial charge on any atom is -0.368 e. The van der Waals surface area contributed by atoms with Crippen molar-refractivity contribution in [3.8, 4) is 0 Å². The zero-order valence-electron chi connectivity index (χ0n) is 15.4. The molecule has 2 aliphatic rings. The lowest BCUT2D eigenvalue weighted by Crippen LogP contribution is -2.49. The van der Waals surface area contributed by atoms with E-state index in [1.807, 2.05) is 10.3 Å². The molecule has 0 bridgehead atoms. The summed E-state index contributed by atoms with van der Waals surface area (Å²) in [6, 6.07) is 6.55. The first kappa shape index (κ1) is 18.4. The van der Waals surface area contributed by atoms with Crippen LogP contribution in [-0.4, -0.2) is 60.0 Å². The Bertz CT molecular complexity index is 765. The smallest absolute Gasteiger partial charge is 0.228 e. The molecule has 27 heavy (non-hydrogen) atoms. The minimum absolute atomic E-state index is 0.145. The van der Waals surface area contributed by atoms with Gasteiger partial charge < -0.3 is 9.80 Å². The average Bonchev–Trinajstić information content (AvgIpc) is 3.35. The van der Waals surface area contributed by atoms with Crippen molar-refractivity contribution in [3.63, 3.8) is 0 Å². The zero-order valence-corrected chi connectivity index (χ0v) is 16.3. The Labute approximate surface area is 163 Å². The number of hydrogen-bond donors (Lipinski definition) is 0. The fourth-order valence-electron chi connectivity index (χ4n) is 3.77. The van der Waals surface area contributed by atoms with E-state index in [-0.39, 0.29) is 11.7 Å². The molecule has 1 amide bonds.